The fourth-order valence-electron chi connectivity index (χ4n) is 2.39. The van der Waals surface area contributed by atoms with Gasteiger partial charge in [0.05, 0.1) is 0 Å². The van der Waals surface area contributed by atoms with E-state index in [1.807, 2.05) is 24.4 Å². The van der Waals surface area contributed by atoms with E-state index in [0.717, 1.165) is 0 Å². The minimum absolute atomic E-state index is 1.19. The first-order chi connectivity index (χ1) is 7.45. The van der Waals surface area contributed by atoms with Crippen LogP contribution in [0.5, 0.6) is 0 Å². The lowest BCUT2D eigenvalue weighted by atomic mass is 9.85. The lowest BCUT2D eigenvalue weighted by Crippen LogP contribution is -2.04. The summed E-state index contributed by atoms with van der Waals surface area (Å²) in [5.41, 5.74) is 1.38. The third-order valence-corrected chi connectivity index (χ3v) is 3.28. The van der Waals surface area contributed by atoms with Crippen molar-refractivity contribution < 1.29 is 0 Å². The molecule has 1 aromatic rings. The molecule has 15 heavy (non-hydrogen) atoms. The molecule has 2 rings (SSSR count). The monoisotopic (exact) mass is 202 g/mol. The van der Waals surface area contributed by atoms with Gasteiger partial charge in [0, 0.05) is 12.4 Å². The highest BCUT2D eigenvalue weighted by molar-refractivity contribution is 5.08. The molecule has 1 radical (unpaired) electrons. The SMILES string of the molecule is c1cncc(CCC[C]2CCCCC2)c1. The minimum atomic E-state index is 1.19. The van der Waals surface area contributed by atoms with E-state index < -0.39 is 0 Å². The van der Waals surface area contributed by atoms with Gasteiger partial charge in [-0.2, -0.15) is 0 Å². The molecule has 0 atom stereocenters. The highest BCUT2D eigenvalue weighted by Crippen LogP contribution is 2.29. The second kappa shape index (κ2) is 5.89. The average molecular weight is 202 g/mol. The van der Waals surface area contributed by atoms with Crippen molar-refractivity contribution >= 4 is 0 Å². The van der Waals surface area contributed by atoms with Crippen LogP contribution in [0.15, 0.2) is 24.5 Å². The summed E-state index contributed by atoms with van der Waals surface area (Å²) in [4.78, 5) is 4.14. The molecule has 0 spiro atoms. The molecule has 1 aliphatic rings. The number of nitrogens with zero attached hydrogens (tertiary/aromatic N) is 1. The Hall–Kier alpha value is -0.850. The Kier molecular flexibility index (Phi) is 4.19. The van der Waals surface area contributed by atoms with Gasteiger partial charge in [-0.15, -0.1) is 0 Å². The Morgan fingerprint density at radius 2 is 1.93 bits per heavy atom. The zero-order valence-electron chi connectivity index (χ0n) is 9.41. The van der Waals surface area contributed by atoms with E-state index in [1.165, 1.54) is 56.9 Å². The number of aromatic nitrogens is 1. The summed E-state index contributed by atoms with van der Waals surface area (Å²) in [7, 11) is 0. The van der Waals surface area contributed by atoms with Crippen molar-refractivity contribution in [3.05, 3.63) is 36.0 Å². The van der Waals surface area contributed by atoms with Crippen LogP contribution in [0.25, 0.3) is 0 Å². The third-order valence-electron chi connectivity index (χ3n) is 3.28. The van der Waals surface area contributed by atoms with Crippen molar-refractivity contribution in [2.75, 3.05) is 0 Å². The van der Waals surface area contributed by atoms with Crippen LogP contribution in [0.1, 0.15) is 50.5 Å². The summed E-state index contributed by atoms with van der Waals surface area (Å²) in [6.45, 7) is 0. The Morgan fingerprint density at radius 3 is 2.67 bits per heavy atom. The maximum Gasteiger partial charge on any atom is 0.0299 e. The first-order valence-corrected chi connectivity index (χ1v) is 6.17. The zero-order valence-corrected chi connectivity index (χ0v) is 9.41. The van der Waals surface area contributed by atoms with Crippen LogP contribution in [0.2, 0.25) is 0 Å². The molecule has 0 aliphatic heterocycles. The Morgan fingerprint density at radius 1 is 1.07 bits per heavy atom. The minimum Gasteiger partial charge on any atom is -0.264 e. The Bertz CT molecular complexity index is 262. The summed E-state index contributed by atoms with van der Waals surface area (Å²) >= 11 is 0. The van der Waals surface area contributed by atoms with E-state index >= 15 is 0 Å². The largest absolute Gasteiger partial charge is 0.264 e. The molecule has 1 heteroatoms. The first kappa shape index (κ1) is 10.7. The second-order valence-electron chi connectivity index (χ2n) is 4.53. The standard InChI is InChI=1S/C14H20N/c1-2-6-13(7-3-1)8-4-9-14-10-5-11-15-12-14/h5,10-12H,1-4,6-9H2. The maximum absolute atomic E-state index is 4.14. The molecular formula is C14H20N. The van der Waals surface area contributed by atoms with Gasteiger partial charge in [-0.25, -0.2) is 0 Å². The molecule has 1 nitrogen and oxygen atoms in total. The number of aryl methyl sites for hydroxylation is 1. The lowest BCUT2D eigenvalue weighted by Gasteiger charge is -2.20. The van der Waals surface area contributed by atoms with Gasteiger partial charge in [0.15, 0.2) is 0 Å². The third kappa shape index (κ3) is 3.65. The van der Waals surface area contributed by atoms with E-state index in [1.54, 1.807) is 0 Å². The molecule has 0 amide bonds. The van der Waals surface area contributed by atoms with E-state index in [0.29, 0.717) is 0 Å². The van der Waals surface area contributed by atoms with Crippen molar-refractivity contribution in [3.63, 3.8) is 0 Å². The van der Waals surface area contributed by atoms with Gasteiger partial charge in [0.25, 0.3) is 0 Å². The van der Waals surface area contributed by atoms with E-state index in [4.69, 9.17) is 0 Å². The average Bonchev–Trinajstić information content (AvgIpc) is 2.32. The van der Waals surface area contributed by atoms with Crippen molar-refractivity contribution in [2.24, 2.45) is 0 Å². The van der Waals surface area contributed by atoms with Crippen molar-refractivity contribution in [1.29, 1.82) is 0 Å². The highest BCUT2D eigenvalue weighted by atomic mass is 14.6. The summed E-state index contributed by atoms with van der Waals surface area (Å²) in [6, 6.07) is 4.21. The Labute approximate surface area is 92.9 Å². The van der Waals surface area contributed by atoms with Crippen LogP contribution >= 0.6 is 0 Å². The number of hydrogen-bond acceptors (Lipinski definition) is 1. The van der Waals surface area contributed by atoms with E-state index in [9.17, 15) is 0 Å². The first-order valence-electron chi connectivity index (χ1n) is 6.17. The Balaban J connectivity index is 1.66. The smallest absolute Gasteiger partial charge is 0.0299 e. The van der Waals surface area contributed by atoms with Gasteiger partial charge < -0.3 is 0 Å². The van der Waals surface area contributed by atoms with E-state index in [-0.39, 0.29) is 0 Å². The number of hydrogen-bond donors (Lipinski definition) is 0. The van der Waals surface area contributed by atoms with Crippen molar-refractivity contribution in [3.8, 4) is 0 Å². The maximum atomic E-state index is 4.14. The van der Waals surface area contributed by atoms with Gasteiger partial charge in [-0.1, -0.05) is 25.3 Å². The number of rotatable bonds is 4. The summed E-state index contributed by atoms with van der Waals surface area (Å²) in [6.07, 6.45) is 14.8. The topological polar surface area (TPSA) is 12.9 Å². The quantitative estimate of drug-likeness (QED) is 0.720. The molecule has 1 fully saturated rings. The molecule has 0 saturated heterocycles. The van der Waals surface area contributed by atoms with Crippen LogP contribution in [0, 0.1) is 5.92 Å². The molecule has 0 unspecified atom stereocenters. The lowest BCUT2D eigenvalue weighted by molar-refractivity contribution is 0.497. The molecule has 1 saturated carbocycles. The normalized spacial score (nSPS) is 17.9. The molecule has 81 valence electrons. The van der Waals surface area contributed by atoms with Crippen LogP contribution in [0.3, 0.4) is 0 Å². The zero-order chi connectivity index (χ0) is 10.3. The predicted molar refractivity (Wildman–Crippen MR) is 63.5 cm³/mol. The molecule has 0 aromatic carbocycles. The molecule has 1 aliphatic carbocycles. The van der Waals surface area contributed by atoms with Gasteiger partial charge in [0.2, 0.25) is 0 Å². The predicted octanol–water partition coefficient (Wildman–Crippen LogP) is 3.94. The fourth-order valence-corrected chi connectivity index (χ4v) is 2.39. The summed E-state index contributed by atoms with van der Waals surface area (Å²) in [5, 5.41) is 0. The molecule has 1 heterocycles. The molecule has 0 bridgehead atoms. The van der Waals surface area contributed by atoms with Gasteiger partial charge >= 0.3 is 0 Å². The molecule has 1 aromatic heterocycles. The second-order valence-corrected chi connectivity index (χ2v) is 4.53. The van der Waals surface area contributed by atoms with Crippen molar-refractivity contribution in [2.45, 2.75) is 51.4 Å². The molecular weight excluding hydrogens is 182 g/mol. The highest BCUT2D eigenvalue weighted by Gasteiger charge is 2.12. The van der Waals surface area contributed by atoms with Gasteiger partial charge in [-0.05, 0) is 49.7 Å². The van der Waals surface area contributed by atoms with Crippen molar-refractivity contribution in [1.82, 2.24) is 4.98 Å². The fraction of sp³-hybridized carbons (Fsp3) is 0.571. The van der Waals surface area contributed by atoms with Crippen LogP contribution in [-0.2, 0) is 6.42 Å². The summed E-state index contributed by atoms with van der Waals surface area (Å²) in [5.74, 6) is 1.81. The van der Waals surface area contributed by atoms with Gasteiger partial charge in [0.1, 0.15) is 0 Å². The number of pyridine rings is 1. The van der Waals surface area contributed by atoms with Crippen LogP contribution in [0.4, 0.5) is 0 Å². The van der Waals surface area contributed by atoms with Crippen LogP contribution < -0.4 is 0 Å². The summed E-state index contributed by atoms with van der Waals surface area (Å²) < 4.78 is 0. The van der Waals surface area contributed by atoms with E-state index in [2.05, 4.69) is 11.1 Å². The molecule has 0 N–H and O–H groups in total. The van der Waals surface area contributed by atoms with Crippen LogP contribution in [-0.4, -0.2) is 4.98 Å². The van der Waals surface area contributed by atoms with Gasteiger partial charge in [-0.3, -0.25) is 4.98 Å².